The highest BCUT2D eigenvalue weighted by Gasteiger charge is 2.20. The van der Waals surface area contributed by atoms with E-state index in [2.05, 4.69) is 10.3 Å². The fourth-order valence-corrected chi connectivity index (χ4v) is 4.05. The largest absolute Gasteiger partial charge is 0.458 e. The first-order valence-electron chi connectivity index (χ1n) is 11.5. The third kappa shape index (κ3) is 7.68. The number of sulfonamides is 1. The van der Waals surface area contributed by atoms with Crippen molar-refractivity contribution in [2.24, 2.45) is 0 Å². The molecule has 0 fully saturated rings. The molecular weight excluding hydrogens is 501 g/mol. The van der Waals surface area contributed by atoms with Gasteiger partial charge >= 0.3 is 5.97 Å². The molecule has 2 aromatic carbocycles. The molecule has 0 spiro atoms. The number of nitrogens with zero attached hydrogens (tertiary/aromatic N) is 1. The van der Waals surface area contributed by atoms with E-state index in [-0.39, 0.29) is 34.7 Å². The number of hydrogen-bond acceptors (Lipinski definition) is 7. The lowest BCUT2D eigenvalue weighted by Gasteiger charge is -2.11. The second-order valence-corrected chi connectivity index (χ2v) is 9.83. The van der Waals surface area contributed by atoms with Gasteiger partial charge in [-0.05, 0) is 73.9 Å². The fraction of sp³-hybridized carbons (Fsp3) is 0.231. The average Bonchev–Trinajstić information content (AvgIpc) is 2.89. The molecule has 2 amide bonds. The minimum Gasteiger partial charge on any atom is -0.458 e. The lowest BCUT2D eigenvalue weighted by atomic mass is 10.1. The third-order valence-corrected chi connectivity index (χ3v) is 6.73. The number of rotatable bonds is 10. The summed E-state index contributed by atoms with van der Waals surface area (Å²) in [7, 11) is -4.16. The summed E-state index contributed by atoms with van der Waals surface area (Å²) >= 11 is 0. The van der Waals surface area contributed by atoms with Crippen LogP contribution in [0, 0.1) is 5.82 Å². The van der Waals surface area contributed by atoms with E-state index < -0.39 is 27.7 Å². The summed E-state index contributed by atoms with van der Waals surface area (Å²) in [6.45, 7) is 3.89. The molecule has 1 unspecified atom stereocenters. The number of benzene rings is 2. The molecule has 9 nitrogen and oxygen atoms in total. The molecule has 1 aromatic heterocycles. The lowest BCUT2D eigenvalue weighted by molar-refractivity contribution is 0.0327. The summed E-state index contributed by atoms with van der Waals surface area (Å²) < 4.78 is 45.4. The quantitative estimate of drug-likeness (QED) is 0.387. The monoisotopic (exact) mass is 527 g/mol. The van der Waals surface area contributed by atoms with Crippen LogP contribution in [0.15, 0.2) is 71.8 Å². The zero-order valence-electron chi connectivity index (χ0n) is 20.2. The first kappa shape index (κ1) is 27.5. The van der Waals surface area contributed by atoms with E-state index in [0.29, 0.717) is 18.4 Å². The van der Waals surface area contributed by atoms with Gasteiger partial charge < -0.3 is 10.1 Å². The predicted molar refractivity (Wildman–Crippen MR) is 133 cm³/mol. The molecule has 194 valence electrons. The molecule has 1 atom stereocenters. The van der Waals surface area contributed by atoms with Crippen molar-refractivity contribution in [3.63, 3.8) is 0 Å². The Bertz CT molecular complexity index is 1360. The van der Waals surface area contributed by atoms with Gasteiger partial charge in [-0.25, -0.2) is 27.3 Å². The molecule has 3 aromatic rings. The van der Waals surface area contributed by atoms with Crippen molar-refractivity contribution in [3.8, 4) is 0 Å². The minimum absolute atomic E-state index is 0.00384. The summed E-state index contributed by atoms with van der Waals surface area (Å²) in [4.78, 5) is 40.3. The molecule has 1 heterocycles. The number of carbonyl (C=O) groups excluding carboxylic acids is 3. The summed E-state index contributed by atoms with van der Waals surface area (Å²) in [6.07, 6.45) is 1.88. The first-order valence-corrected chi connectivity index (χ1v) is 12.9. The Balaban J connectivity index is 1.54. The maximum absolute atomic E-state index is 13.0. The van der Waals surface area contributed by atoms with Crippen LogP contribution in [-0.2, 0) is 21.2 Å². The fourth-order valence-electron chi connectivity index (χ4n) is 3.07. The van der Waals surface area contributed by atoms with Gasteiger partial charge in [0.25, 0.3) is 21.8 Å². The van der Waals surface area contributed by atoms with Crippen molar-refractivity contribution in [3.05, 3.63) is 95.1 Å². The Morgan fingerprint density at radius 2 is 1.59 bits per heavy atom. The molecule has 0 aliphatic rings. The van der Waals surface area contributed by atoms with Crippen LogP contribution >= 0.6 is 0 Å². The molecule has 2 N–H and O–H groups in total. The zero-order valence-corrected chi connectivity index (χ0v) is 21.0. The molecule has 37 heavy (non-hydrogen) atoms. The normalized spacial score (nSPS) is 11.9. The van der Waals surface area contributed by atoms with Crippen molar-refractivity contribution < 1.29 is 31.9 Å². The second kappa shape index (κ2) is 12.2. The first-order chi connectivity index (χ1) is 17.6. The number of halogens is 1. The molecule has 0 saturated heterocycles. The van der Waals surface area contributed by atoms with Crippen LogP contribution in [0.25, 0.3) is 0 Å². The summed E-state index contributed by atoms with van der Waals surface area (Å²) in [5, 5.41) is 2.71. The number of hydrogen-bond donors (Lipinski definition) is 2. The maximum Gasteiger partial charge on any atom is 0.357 e. The maximum atomic E-state index is 13.0. The molecule has 0 bridgehead atoms. The number of aromatic nitrogens is 1. The van der Waals surface area contributed by atoms with E-state index in [1.54, 1.807) is 19.1 Å². The molecule has 3 rings (SSSR count). The highest BCUT2D eigenvalue weighted by molar-refractivity contribution is 7.90. The van der Waals surface area contributed by atoms with Gasteiger partial charge in [-0.3, -0.25) is 9.59 Å². The molecule has 0 aliphatic heterocycles. The molecule has 0 saturated carbocycles. The van der Waals surface area contributed by atoms with Gasteiger partial charge in [-0.2, -0.15) is 0 Å². The predicted octanol–water partition coefficient (Wildman–Crippen LogP) is 3.27. The highest BCUT2D eigenvalue weighted by Crippen LogP contribution is 2.13. The average molecular weight is 528 g/mol. The molecule has 0 radical (unpaired) electrons. The van der Waals surface area contributed by atoms with Gasteiger partial charge in [0.15, 0.2) is 0 Å². The van der Waals surface area contributed by atoms with Crippen LogP contribution in [0.3, 0.4) is 0 Å². The smallest absolute Gasteiger partial charge is 0.357 e. The third-order valence-electron chi connectivity index (χ3n) is 5.38. The number of pyridine rings is 1. The van der Waals surface area contributed by atoms with Crippen molar-refractivity contribution in [1.82, 2.24) is 15.0 Å². The van der Waals surface area contributed by atoms with Crippen molar-refractivity contribution in [1.29, 1.82) is 0 Å². The Kier molecular flexibility index (Phi) is 9.07. The van der Waals surface area contributed by atoms with Crippen molar-refractivity contribution >= 4 is 27.8 Å². The summed E-state index contributed by atoms with van der Waals surface area (Å²) in [6, 6.07) is 13.6. The van der Waals surface area contributed by atoms with Crippen LogP contribution in [0.4, 0.5) is 4.39 Å². The van der Waals surface area contributed by atoms with Crippen molar-refractivity contribution in [2.75, 3.05) is 6.54 Å². The van der Waals surface area contributed by atoms with Crippen LogP contribution in [0.1, 0.15) is 57.0 Å². The summed E-state index contributed by atoms with van der Waals surface area (Å²) in [5.74, 6) is -2.32. The van der Waals surface area contributed by atoms with Gasteiger partial charge in [0, 0.05) is 18.3 Å². The number of carbonyl (C=O) groups is 3. The van der Waals surface area contributed by atoms with Gasteiger partial charge in [0.2, 0.25) is 0 Å². The van der Waals surface area contributed by atoms with Gasteiger partial charge in [-0.1, -0.05) is 19.1 Å². The van der Waals surface area contributed by atoms with E-state index in [1.165, 1.54) is 48.5 Å². The van der Waals surface area contributed by atoms with E-state index in [4.69, 9.17) is 4.74 Å². The lowest BCUT2D eigenvalue weighted by Crippen LogP contribution is -2.30. The van der Waals surface area contributed by atoms with Gasteiger partial charge in [-0.15, -0.1) is 0 Å². The van der Waals surface area contributed by atoms with E-state index in [0.717, 1.165) is 11.8 Å². The van der Waals surface area contributed by atoms with Crippen LogP contribution < -0.4 is 10.0 Å². The van der Waals surface area contributed by atoms with E-state index in [9.17, 15) is 27.2 Å². The SMILES string of the molecule is CCC(C)OC(=O)c1ccc(C(=O)NS(=O)(=O)c2ccc(CCNC(=O)c3ccc(F)cc3)cc2)cn1. The minimum atomic E-state index is -4.16. The van der Waals surface area contributed by atoms with Crippen molar-refractivity contribution in [2.45, 2.75) is 37.7 Å². The van der Waals surface area contributed by atoms with Crippen LogP contribution in [-0.4, -0.2) is 43.8 Å². The number of esters is 1. The van der Waals surface area contributed by atoms with Crippen LogP contribution in [0.2, 0.25) is 0 Å². The van der Waals surface area contributed by atoms with E-state index >= 15 is 0 Å². The second-order valence-electron chi connectivity index (χ2n) is 8.15. The standard InChI is InChI=1S/C26H26FN3O6S/c1-3-17(2)36-26(33)23-13-8-20(16-29-23)25(32)30-37(34,35)22-11-4-18(5-12-22)14-15-28-24(31)19-6-9-21(27)10-7-19/h4-13,16-17H,3,14-15H2,1-2H3,(H,28,31)(H,30,32). The molecular formula is C26H26FN3O6S. The van der Waals surface area contributed by atoms with Gasteiger partial charge in [0.05, 0.1) is 16.6 Å². The Morgan fingerprint density at radius 1 is 0.946 bits per heavy atom. The number of amides is 2. The highest BCUT2D eigenvalue weighted by atomic mass is 32.2. The molecule has 0 aliphatic carbocycles. The van der Waals surface area contributed by atoms with E-state index in [1.807, 2.05) is 11.6 Å². The number of nitrogens with one attached hydrogen (secondary N) is 2. The molecule has 11 heteroatoms. The zero-order chi connectivity index (χ0) is 27.0. The van der Waals surface area contributed by atoms with Gasteiger partial charge in [0.1, 0.15) is 11.5 Å². The number of ether oxygens (including phenoxy) is 1. The summed E-state index contributed by atoms with van der Waals surface area (Å²) in [5.41, 5.74) is 1.05. The Labute approximate surface area is 214 Å². The van der Waals surface area contributed by atoms with Crippen LogP contribution in [0.5, 0.6) is 0 Å². The topological polar surface area (TPSA) is 132 Å². The Morgan fingerprint density at radius 3 is 2.19 bits per heavy atom. The Hall–Kier alpha value is -4.12.